The molecule has 0 spiro atoms. The maximum atomic E-state index is 12.6. The van der Waals surface area contributed by atoms with E-state index in [0.717, 1.165) is 31.6 Å². The highest BCUT2D eigenvalue weighted by molar-refractivity contribution is 5.93. The lowest BCUT2D eigenvalue weighted by atomic mass is 10.2. The summed E-state index contributed by atoms with van der Waals surface area (Å²) in [7, 11) is 0. The van der Waals surface area contributed by atoms with E-state index in [1.165, 1.54) is 24.7 Å². The zero-order valence-electron chi connectivity index (χ0n) is 13.5. The summed E-state index contributed by atoms with van der Waals surface area (Å²) in [5.41, 5.74) is 2.58. The van der Waals surface area contributed by atoms with Crippen LogP contribution in [0.5, 0.6) is 0 Å². The number of aryl methyl sites for hydroxylation is 1. The van der Waals surface area contributed by atoms with Gasteiger partial charge in [0.05, 0.1) is 0 Å². The van der Waals surface area contributed by atoms with Crippen LogP contribution in [0.3, 0.4) is 0 Å². The van der Waals surface area contributed by atoms with Crippen LogP contribution in [0.15, 0.2) is 36.7 Å². The van der Waals surface area contributed by atoms with Crippen molar-refractivity contribution >= 4 is 17.4 Å². The molecule has 0 atom stereocenters. The van der Waals surface area contributed by atoms with Crippen molar-refractivity contribution in [1.82, 2.24) is 14.9 Å². The largest absolute Gasteiger partial charge is 0.340 e. The number of anilines is 2. The lowest BCUT2D eigenvalue weighted by Gasteiger charge is -2.19. The molecular weight excluding hydrogens is 288 g/mol. The predicted octanol–water partition coefficient (Wildman–Crippen LogP) is 3.54. The van der Waals surface area contributed by atoms with E-state index in [1.807, 2.05) is 36.1 Å². The molecule has 0 saturated carbocycles. The van der Waals surface area contributed by atoms with Crippen molar-refractivity contribution < 1.29 is 4.79 Å². The lowest BCUT2D eigenvalue weighted by molar-refractivity contribution is 0.0755. The highest BCUT2D eigenvalue weighted by Gasteiger charge is 2.18. The fourth-order valence-electron chi connectivity index (χ4n) is 2.85. The molecule has 0 unspecified atom stereocenters. The first kappa shape index (κ1) is 15.5. The van der Waals surface area contributed by atoms with Crippen molar-refractivity contribution in [3.05, 3.63) is 47.9 Å². The van der Waals surface area contributed by atoms with Gasteiger partial charge in [0.25, 0.3) is 5.91 Å². The summed E-state index contributed by atoms with van der Waals surface area (Å²) in [5, 5.41) is 3.23. The fraction of sp³-hybridized carbons (Fsp3) is 0.389. The highest BCUT2D eigenvalue weighted by atomic mass is 16.2. The van der Waals surface area contributed by atoms with Gasteiger partial charge in [0, 0.05) is 24.8 Å². The zero-order valence-corrected chi connectivity index (χ0v) is 13.5. The minimum absolute atomic E-state index is 0.00147. The van der Waals surface area contributed by atoms with Crippen LogP contribution in [-0.2, 0) is 0 Å². The van der Waals surface area contributed by atoms with Crippen molar-refractivity contribution in [1.29, 1.82) is 0 Å². The summed E-state index contributed by atoms with van der Waals surface area (Å²) in [6.45, 7) is 3.69. The SMILES string of the molecule is Cc1cccc(Nc2cc(C(=O)N3CCCCCC3)ncn2)c1. The third kappa shape index (κ3) is 4.06. The molecular formula is C18H22N4O. The van der Waals surface area contributed by atoms with Gasteiger partial charge >= 0.3 is 0 Å². The Hall–Kier alpha value is -2.43. The molecule has 3 rings (SSSR count). The first-order valence-corrected chi connectivity index (χ1v) is 8.17. The minimum Gasteiger partial charge on any atom is -0.340 e. The monoisotopic (exact) mass is 310 g/mol. The van der Waals surface area contributed by atoms with Crippen LogP contribution in [0, 0.1) is 6.92 Å². The summed E-state index contributed by atoms with van der Waals surface area (Å²) >= 11 is 0. The van der Waals surface area contributed by atoms with E-state index in [2.05, 4.69) is 15.3 Å². The Balaban J connectivity index is 1.75. The van der Waals surface area contributed by atoms with Crippen LogP contribution < -0.4 is 5.32 Å². The quantitative estimate of drug-likeness (QED) is 0.942. The van der Waals surface area contributed by atoms with E-state index in [-0.39, 0.29) is 5.91 Å². The lowest BCUT2D eigenvalue weighted by Crippen LogP contribution is -2.32. The summed E-state index contributed by atoms with van der Waals surface area (Å²) in [6.07, 6.45) is 6.00. The van der Waals surface area contributed by atoms with Crippen LogP contribution in [0.25, 0.3) is 0 Å². The Morgan fingerprint density at radius 2 is 1.87 bits per heavy atom. The third-order valence-corrected chi connectivity index (χ3v) is 4.07. The molecule has 1 amide bonds. The molecule has 5 nitrogen and oxygen atoms in total. The van der Waals surface area contributed by atoms with Gasteiger partial charge in [-0.15, -0.1) is 0 Å². The molecule has 0 radical (unpaired) electrons. The normalized spacial score (nSPS) is 15.1. The smallest absolute Gasteiger partial charge is 0.272 e. The van der Waals surface area contributed by atoms with Crippen molar-refractivity contribution in [2.75, 3.05) is 18.4 Å². The second-order valence-electron chi connectivity index (χ2n) is 5.99. The second kappa shape index (κ2) is 7.22. The zero-order chi connectivity index (χ0) is 16.1. The van der Waals surface area contributed by atoms with Gasteiger partial charge < -0.3 is 10.2 Å². The number of rotatable bonds is 3. The molecule has 1 N–H and O–H groups in total. The van der Waals surface area contributed by atoms with Crippen molar-refractivity contribution in [2.24, 2.45) is 0 Å². The molecule has 1 aromatic carbocycles. The summed E-state index contributed by atoms with van der Waals surface area (Å²) < 4.78 is 0. The molecule has 1 aliphatic heterocycles. The molecule has 1 aromatic heterocycles. The average molecular weight is 310 g/mol. The van der Waals surface area contributed by atoms with Crippen LogP contribution in [-0.4, -0.2) is 33.9 Å². The van der Waals surface area contributed by atoms with Crippen molar-refractivity contribution in [2.45, 2.75) is 32.6 Å². The Bertz CT molecular complexity index is 678. The van der Waals surface area contributed by atoms with Crippen LogP contribution in [0.2, 0.25) is 0 Å². The van der Waals surface area contributed by atoms with E-state index in [1.54, 1.807) is 6.07 Å². The summed E-state index contributed by atoms with van der Waals surface area (Å²) in [5.74, 6) is 0.644. The van der Waals surface area contributed by atoms with Gasteiger partial charge in [0.2, 0.25) is 0 Å². The van der Waals surface area contributed by atoms with Gasteiger partial charge in [-0.1, -0.05) is 25.0 Å². The molecule has 1 fully saturated rings. The van der Waals surface area contributed by atoms with Gasteiger partial charge in [-0.25, -0.2) is 9.97 Å². The van der Waals surface area contributed by atoms with E-state index in [4.69, 9.17) is 0 Å². The highest BCUT2D eigenvalue weighted by Crippen LogP contribution is 2.17. The van der Waals surface area contributed by atoms with Crippen LogP contribution in [0.4, 0.5) is 11.5 Å². The van der Waals surface area contributed by atoms with Gasteiger partial charge in [0.15, 0.2) is 0 Å². The fourth-order valence-corrected chi connectivity index (χ4v) is 2.85. The maximum Gasteiger partial charge on any atom is 0.272 e. The molecule has 1 aliphatic rings. The molecule has 2 heterocycles. The van der Waals surface area contributed by atoms with Crippen LogP contribution >= 0.6 is 0 Å². The number of amides is 1. The number of hydrogen-bond donors (Lipinski definition) is 1. The van der Waals surface area contributed by atoms with Gasteiger partial charge in [-0.3, -0.25) is 4.79 Å². The Morgan fingerprint density at radius 1 is 1.09 bits per heavy atom. The van der Waals surface area contributed by atoms with E-state index >= 15 is 0 Å². The summed E-state index contributed by atoms with van der Waals surface area (Å²) in [4.78, 5) is 22.9. The first-order chi connectivity index (χ1) is 11.2. The Morgan fingerprint density at radius 3 is 2.61 bits per heavy atom. The molecule has 120 valence electrons. The molecule has 23 heavy (non-hydrogen) atoms. The second-order valence-corrected chi connectivity index (χ2v) is 5.99. The molecule has 0 aliphatic carbocycles. The average Bonchev–Trinajstić information content (AvgIpc) is 2.84. The molecule has 1 saturated heterocycles. The van der Waals surface area contributed by atoms with Crippen molar-refractivity contribution in [3.8, 4) is 0 Å². The minimum atomic E-state index is 0.00147. The number of carbonyl (C=O) groups excluding carboxylic acids is 1. The molecule has 2 aromatic rings. The standard InChI is InChI=1S/C18H22N4O/c1-14-7-6-8-15(11-14)21-17-12-16(19-13-20-17)18(23)22-9-4-2-3-5-10-22/h6-8,11-13H,2-5,9-10H2,1H3,(H,19,20,21). The molecule has 5 heteroatoms. The number of aromatic nitrogens is 2. The molecule has 0 bridgehead atoms. The van der Waals surface area contributed by atoms with E-state index in [9.17, 15) is 4.79 Å². The number of hydrogen-bond acceptors (Lipinski definition) is 4. The number of carbonyl (C=O) groups is 1. The third-order valence-electron chi connectivity index (χ3n) is 4.07. The first-order valence-electron chi connectivity index (χ1n) is 8.17. The topological polar surface area (TPSA) is 58.1 Å². The van der Waals surface area contributed by atoms with Gasteiger partial charge in [-0.05, 0) is 37.5 Å². The van der Waals surface area contributed by atoms with Gasteiger partial charge in [-0.2, -0.15) is 0 Å². The number of benzene rings is 1. The van der Waals surface area contributed by atoms with Gasteiger partial charge in [0.1, 0.15) is 17.8 Å². The predicted molar refractivity (Wildman–Crippen MR) is 90.9 cm³/mol. The van der Waals surface area contributed by atoms with Crippen molar-refractivity contribution in [3.63, 3.8) is 0 Å². The number of nitrogens with one attached hydrogen (secondary N) is 1. The van der Waals surface area contributed by atoms with E-state index in [0.29, 0.717) is 11.5 Å². The maximum absolute atomic E-state index is 12.6. The van der Waals surface area contributed by atoms with Crippen LogP contribution in [0.1, 0.15) is 41.7 Å². The summed E-state index contributed by atoms with van der Waals surface area (Å²) in [6, 6.07) is 9.78. The Labute approximate surface area is 136 Å². The number of nitrogens with zero attached hydrogens (tertiary/aromatic N) is 3. The van der Waals surface area contributed by atoms with E-state index < -0.39 is 0 Å². The number of likely N-dealkylation sites (tertiary alicyclic amines) is 1. The Kier molecular flexibility index (Phi) is 4.86.